The molecule has 0 aromatic carbocycles. The van der Waals surface area contributed by atoms with Gasteiger partial charge in [-0.1, -0.05) is 13.0 Å². The second-order valence-corrected chi connectivity index (χ2v) is 6.53. The molecular formula is C10H19O2Si. The van der Waals surface area contributed by atoms with Gasteiger partial charge in [0.15, 0.2) is 0 Å². The molecular weight excluding hydrogens is 180 g/mol. The van der Waals surface area contributed by atoms with Crippen LogP contribution in [-0.2, 0) is 8.85 Å². The van der Waals surface area contributed by atoms with Crippen LogP contribution in [0.1, 0.15) is 34.6 Å². The van der Waals surface area contributed by atoms with Crippen molar-refractivity contribution in [2.45, 2.75) is 51.4 Å². The first kappa shape index (κ1) is 11.0. The van der Waals surface area contributed by atoms with Crippen LogP contribution in [0.3, 0.4) is 0 Å². The minimum absolute atomic E-state index is 0.182. The molecule has 2 nitrogen and oxygen atoms in total. The zero-order chi connectivity index (χ0) is 10.3. The molecule has 1 rings (SSSR count). The van der Waals surface area contributed by atoms with Crippen LogP contribution in [0.25, 0.3) is 0 Å². The van der Waals surface area contributed by atoms with Crippen LogP contribution < -0.4 is 0 Å². The highest BCUT2D eigenvalue weighted by molar-refractivity contribution is 6.48. The number of hydrogen-bond acceptors (Lipinski definition) is 2. The SMILES string of the molecule is C=CC(C)[Si]1OC(C)(C)C(C)(C)O1. The highest BCUT2D eigenvalue weighted by atomic mass is 28.3. The Morgan fingerprint density at radius 2 is 1.54 bits per heavy atom. The Labute approximate surface area is 82.8 Å². The van der Waals surface area contributed by atoms with Crippen LogP contribution in [0, 0.1) is 0 Å². The Hall–Kier alpha value is -0.123. The topological polar surface area (TPSA) is 18.5 Å². The lowest BCUT2D eigenvalue weighted by molar-refractivity contribution is 0.00578. The molecule has 13 heavy (non-hydrogen) atoms. The summed E-state index contributed by atoms with van der Waals surface area (Å²) < 4.78 is 11.9. The van der Waals surface area contributed by atoms with E-state index in [0.29, 0.717) is 5.54 Å². The van der Waals surface area contributed by atoms with Gasteiger partial charge in [0.1, 0.15) is 0 Å². The molecule has 1 aliphatic rings. The summed E-state index contributed by atoms with van der Waals surface area (Å²) in [5.74, 6) is 0. The summed E-state index contributed by atoms with van der Waals surface area (Å²) in [6.45, 7) is 14.2. The highest BCUT2D eigenvalue weighted by Crippen LogP contribution is 2.39. The molecule has 1 aliphatic heterocycles. The van der Waals surface area contributed by atoms with Crippen molar-refractivity contribution >= 4 is 9.28 Å². The number of allylic oxidation sites excluding steroid dienone is 1. The van der Waals surface area contributed by atoms with Gasteiger partial charge in [0.2, 0.25) is 0 Å². The van der Waals surface area contributed by atoms with Crippen LogP contribution in [-0.4, -0.2) is 20.5 Å². The predicted molar refractivity (Wildman–Crippen MR) is 55.7 cm³/mol. The Bertz CT molecular complexity index is 195. The van der Waals surface area contributed by atoms with Gasteiger partial charge < -0.3 is 8.85 Å². The van der Waals surface area contributed by atoms with Gasteiger partial charge in [0.05, 0.1) is 11.2 Å². The first-order valence-electron chi connectivity index (χ1n) is 4.67. The van der Waals surface area contributed by atoms with Crippen molar-refractivity contribution in [1.29, 1.82) is 0 Å². The van der Waals surface area contributed by atoms with E-state index in [1.165, 1.54) is 0 Å². The second kappa shape index (κ2) is 3.22. The summed E-state index contributed by atoms with van der Waals surface area (Å²) in [5, 5.41) is 0. The fraction of sp³-hybridized carbons (Fsp3) is 0.800. The summed E-state index contributed by atoms with van der Waals surface area (Å²) in [4.78, 5) is 0. The molecule has 3 heteroatoms. The van der Waals surface area contributed by atoms with Gasteiger partial charge in [0, 0.05) is 5.54 Å². The van der Waals surface area contributed by atoms with E-state index in [0.717, 1.165) is 0 Å². The molecule has 0 spiro atoms. The lowest BCUT2D eigenvalue weighted by Crippen LogP contribution is -2.41. The Morgan fingerprint density at radius 1 is 1.15 bits per heavy atom. The van der Waals surface area contributed by atoms with Crippen molar-refractivity contribution in [2.75, 3.05) is 0 Å². The van der Waals surface area contributed by atoms with E-state index >= 15 is 0 Å². The molecule has 0 aliphatic carbocycles. The molecule has 1 saturated heterocycles. The Morgan fingerprint density at radius 3 is 1.85 bits per heavy atom. The molecule has 1 unspecified atom stereocenters. The third-order valence-corrected chi connectivity index (χ3v) is 5.29. The minimum Gasteiger partial charge on any atom is -0.385 e. The third kappa shape index (κ3) is 1.87. The first-order valence-corrected chi connectivity index (χ1v) is 6.07. The summed E-state index contributed by atoms with van der Waals surface area (Å²) in [6, 6.07) is 0. The number of rotatable bonds is 2. The van der Waals surface area contributed by atoms with E-state index in [2.05, 4.69) is 41.2 Å². The average molecular weight is 199 g/mol. The Balaban J connectivity index is 2.76. The van der Waals surface area contributed by atoms with Crippen molar-refractivity contribution in [2.24, 2.45) is 0 Å². The van der Waals surface area contributed by atoms with Crippen LogP contribution >= 0.6 is 0 Å². The maximum atomic E-state index is 5.93. The average Bonchev–Trinajstić information content (AvgIpc) is 2.20. The van der Waals surface area contributed by atoms with E-state index in [1.807, 2.05) is 6.08 Å². The van der Waals surface area contributed by atoms with Gasteiger partial charge in [-0.05, 0) is 27.7 Å². The lowest BCUT2D eigenvalue weighted by atomic mass is 9.90. The van der Waals surface area contributed by atoms with Crippen molar-refractivity contribution < 1.29 is 8.85 Å². The van der Waals surface area contributed by atoms with E-state index < -0.39 is 9.28 Å². The molecule has 1 radical (unpaired) electrons. The largest absolute Gasteiger partial charge is 0.392 e. The predicted octanol–water partition coefficient (Wildman–Crippen LogP) is 2.65. The molecule has 0 saturated carbocycles. The van der Waals surface area contributed by atoms with E-state index in [4.69, 9.17) is 8.85 Å². The zero-order valence-corrected chi connectivity index (χ0v) is 10.2. The monoisotopic (exact) mass is 199 g/mol. The molecule has 0 amide bonds. The maximum Gasteiger partial charge on any atom is 0.392 e. The molecule has 75 valence electrons. The normalized spacial score (nSPS) is 28.7. The van der Waals surface area contributed by atoms with Crippen molar-refractivity contribution in [3.8, 4) is 0 Å². The fourth-order valence-corrected chi connectivity index (χ4v) is 3.16. The molecule has 1 fully saturated rings. The zero-order valence-electron chi connectivity index (χ0n) is 9.18. The van der Waals surface area contributed by atoms with Gasteiger partial charge >= 0.3 is 9.28 Å². The van der Waals surface area contributed by atoms with Crippen LogP contribution in [0.2, 0.25) is 5.54 Å². The van der Waals surface area contributed by atoms with Crippen LogP contribution in [0.15, 0.2) is 12.7 Å². The fourth-order valence-electron chi connectivity index (χ4n) is 1.05. The quantitative estimate of drug-likeness (QED) is 0.503. The van der Waals surface area contributed by atoms with E-state index in [-0.39, 0.29) is 11.2 Å². The van der Waals surface area contributed by atoms with Gasteiger partial charge in [-0.2, -0.15) is 0 Å². The highest BCUT2D eigenvalue weighted by Gasteiger charge is 2.51. The molecule has 0 bridgehead atoms. The summed E-state index contributed by atoms with van der Waals surface area (Å²) in [7, 11) is -1.17. The third-order valence-electron chi connectivity index (χ3n) is 2.89. The maximum absolute atomic E-state index is 5.93. The summed E-state index contributed by atoms with van der Waals surface area (Å²) >= 11 is 0. The van der Waals surface area contributed by atoms with Gasteiger partial charge in [0.25, 0.3) is 0 Å². The Kier molecular flexibility index (Phi) is 2.72. The summed E-state index contributed by atoms with van der Waals surface area (Å²) in [5.41, 5.74) is -0.0250. The van der Waals surface area contributed by atoms with Gasteiger partial charge in [-0.25, -0.2) is 0 Å². The summed E-state index contributed by atoms with van der Waals surface area (Å²) in [6.07, 6.45) is 1.91. The number of hydrogen-bond donors (Lipinski definition) is 0. The molecule has 0 N–H and O–H groups in total. The molecule has 1 atom stereocenters. The lowest BCUT2D eigenvalue weighted by Gasteiger charge is -2.31. The van der Waals surface area contributed by atoms with Gasteiger partial charge in [-0.3, -0.25) is 0 Å². The van der Waals surface area contributed by atoms with Crippen molar-refractivity contribution in [3.63, 3.8) is 0 Å². The van der Waals surface area contributed by atoms with Gasteiger partial charge in [-0.15, -0.1) is 6.58 Å². The molecule has 1 heterocycles. The molecule has 0 aromatic heterocycles. The van der Waals surface area contributed by atoms with E-state index in [9.17, 15) is 0 Å². The van der Waals surface area contributed by atoms with E-state index in [1.54, 1.807) is 0 Å². The minimum atomic E-state index is -1.17. The second-order valence-electron chi connectivity index (χ2n) is 4.57. The smallest absolute Gasteiger partial charge is 0.385 e. The van der Waals surface area contributed by atoms with Crippen molar-refractivity contribution in [3.05, 3.63) is 12.7 Å². The van der Waals surface area contributed by atoms with Crippen LogP contribution in [0.5, 0.6) is 0 Å². The standard InChI is InChI=1S/C10H19O2Si/c1-7-8(2)13-11-9(3,4)10(5,6)12-13/h7-8H,1H2,2-6H3. The first-order chi connectivity index (χ1) is 5.80. The van der Waals surface area contributed by atoms with Crippen molar-refractivity contribution in [1.82, 2.24) is 0 Å². The van der Waals surface area contributed by atoms with Crippen LogP contribution in [0.4, 0.5) is 0 Å². The molecule has 0 aromatic rings.